The normalized spacial score (nSPS) is 33.1. The highest BCUT2D eigenvalue weighted by atomic mass is 16.7. The number of hydrogen-bond donors (Lipinski definition) is 3. The van der Waals surface area contributed by atoms with Gasteiger partial charge in [-0.2, -0.15) is 0 Å². The number of ether oxygens (including phenoxy) is 2. The summed E-state index contributed by atoms with van der Waals surface area (Å²) in [6.45, 7) is 3.61. The molecule has 112 valence electrons. The van der Waals surface area contributed by atoms with Gasteiger partial charge in [-0.15, -0.1) is 0 Å². The summed E-state index contributed by atoms with van der Waals surface area (Å²) in [7, 11) is 0. The molecule has 0 aromatic heterocycles. The molecule has 1 unspecified atom stereocenters. The Kier molecular flexibility index (Phi) is 6.71. The fourth-order valence-corrected chi connectivity index (χ4v) is 2.07. The topological polar surface area (TPSA) is 96.2 Å². The lowest BCUT2D eigenvalue weighted by Gasteiger charge is -2.36. The molecule has 1 fully saturated rings. The van der Waals surface area contributed by atoms with E-state index in [1.54, 1.807) is 6.92 Å². The van der Waals surface area contributed by atoms with Crippen molar-refractivity contribution in [1.82, 2.24) is 0 Å². The number of carboxylic acids is 1. The van der Waals surface area contributed by atoms with Crippen molar-refractivity contribution in [3.05, 3.63) is 0 Å². The molecular weight excluding hydrogens is 252 g/mol. The molecule has 0 bridgehead atoms. The zero-order valence-corrected chi connectivity index (χ0v) is 11.5. The minimum atomic E-state index is -0.826. The molecule has 0 radical (unpaired) electrons. The number of aliphatic hydroxyl groups excluding tert-OH is 2. The van der Waals surface area contributed by atoms with E-state index in [0.29, 0.717) is 6.42 Å². The maximum absolute atomic E-state index is 10.4. The van der Waals surface area contributed by atoms with Crippen LogP contribution in [-0.4, -0.2) is 52.0 Å². The second kappa shape index (κ2) is 7.79. The number of unbranched alkanes of at least 4 members (excludes halogenated alkanes) is 1. The molecule has 19 heavy (non-hydrogen) atoms. The van der Waals surface area contributed by atoms with Crippen molar-refractivity contribution in [1.29, 1.82) is 0 Å². The lowest BCUT2D eigenvalue weighted by Crippen LogP contribution is -2.48. The van der Waals surface area contributed by atoms with E-state index in [1.807, 2.05) is 6.92 Å². The fraction of sp³-hybridized carbons (Fsp3) is 0.923. The summed E-state index contributed by atoms with van der Waals surface area (Å²) in [6, 6.07) is 0. The van der Waals surface area contributed by atoms with Gasteiger partial charge in [0.05, 0.1) is 18.3 Å². The van der Waals surface area contributed by atoms with E-state index in [1.165, 1.54) is 0 Å². The lowest BCUT2D eigenvalue weighted by molar-refractivity contribution is -0.273. The summed E-state index contributed by atoms with van der Waals surface area (Å²) in [6.07, 6.45) is -0.169. The summed E-state index contributed by atoms with van der Waals surface area (Å²) in [4.78, 5) is 10.4. The number of aliphatic carboxylic acids is 1. The Morgan fingerprint density at radius 2 is 2.05 bits per heavy atom. The summed E-state index contributed by atoms with van der Waals surface area (Å²) < 4.78 is 11.0. The van der Waals surface area contributed by atoms with Crippen LogP contribution < -0.4 is 0 Å². The van der Waals surface area contributed by atoms with Gasteiger partial charge in [0.25, 0.3) is 0 Å². The highest BCUT2D eigenvalue weighted by molar-refractivity contribution is 5.66. The Hall–Kier alpha value is -0.690. The molecule has 5 atom stereocenters. The first kappa shape index (κ1) is 16.4. The molecule has 6 heteroatoms. The summed E-state index contributed by atoms with van der Waals surface area (Å²) in [5.74, 6) is -0.789. The maximum Gasteiger partial charge on any atom is 0.303 e. The average Bonchev–Trinajstić information content (AvgIpc) is 2.31. The van der Waals surface area contributed by atoms with Gasteiger partial charge in [0.15, 0.2) is 6.29 Å². The fourth-order valence-electron chi connectivity index (χ4n) is 2.07. The first-order valence-corrected chi connectivity index (χ1v) is 6.79. The van der Waals surface area contributed by atoms with Crippen molar-refractivity contribution in [2.24, 2.45) is 0 Å². The molecule has 0 aromatic rings. The molecular formula is C13H24O6. The monoisotopic (exact) mass is 276 g/mol. The van der Waals surface area contributed by atoms with E-state index in [9.17, 15) is 15.0 Å². The first-order chi connectivity index (χ1) is 8.90. The lowest BCUT2D eigenvalue weighted by atomic mass is 10.0. The summed E-state index contributed by atoms with van der Waals surface area (Å²) >= 11 is 0. The van der Waals surface area contributed by atoms with Gasteiger partial charge in [-0.3, -0.25) is 4.79 Å². The summed E-state index contributed by atoms with van der Waals surface area (Å²) in [5.41, 5.74) is 0. The van der Waals surface area contributed by atoms with Crippen LogP contribution in [0.1, 0.15) is 46.0 Å². The Bertz CT molecular complexity index is 282. The second-order valence-corrected chi connectivity index (χ2v) is 5.17. The molecule has 1 saturated heterocycles. The van der Waals surface area contributed by atoms with Crippen LogP contribution in [0.5, 0.6) is 0 Å². The Morgan fingerprint density at radius 1 is 1.37 bits per heavy atom. The third-order valence-corrected chi connectivity index (χ3v) is 3.31. The van der Waals surface area contributed by atoms with E-state index >= 15 is 0 Å². The van der Waals surface area contributed by atoms with Crippen molar-refractivity contribution < 1.29 is 29.6 Å². The SMILES string of the molecule is CC(CCCCC(=O)O)O[C@@H]1O[C@@H](C)[C@H](O)C[C@H]1O. The van der Waals surface area contributed by atoms with Crippen molar-refractivity contribution in [2.75, 3.05) is 0 Å². The van der Waals surface area contributed by atoms with E-state index < -0.39 is 24.5 Å². The minimum absolute atomic E-state index is 0.115. The molecule has 0 aromatic carbocycles. The predicted octanol–water partition coefficient (Wildman–Crippen LogP) is 0.893. The molecule has 0 spiro atoms. The van der Waals surface area contributed by atoms with Crippen LogP contribution in [0, 0.1) is 0 Å². The smallest absolute Gasteiger partial charge is 0.303 e. The van der Waals surface area contributed by atoms with Crippen molar-refractivity contribution >= 4 is 5.97 Å². The van der Waals surface area contributed by atoms with Crippen molar-refractivity contribution in [3.8, 4) is 0 Å². The third kappa shape index (κ3) is 5.86. The van der Waals surface area contributed by atoms with Gasteiger partial charge in [0, 0.05) is 12.8 Å². The second-order valence-electron chi connectivity index (χ2n) is 5.17. The standard InChI is InChI=1S/C13H24O6/c1-8(5-3-4-6-12(16)17)18-13-11(15)7-10(14)9(2)19-13/h8-11,13-15H,3-7H2,1-2H3,(H,16,17)/t8?,9-,10+,11+,13+/m0/s1. The van der Waals surface area contributed by atoms with E-state index in [-0.39, 0.29) is 25.0 Å². The maximum atomic E-state index is 10.4. The van der Waals surface area contributed by atoms with Crippen LogP contribution in [0.25, 0.3) is 0 Å². The Balaban J connectivity index is 2.23. The Morgan fingerprint density at radius 3 is 2.68 bits per heavy atom. The molecule has 0 aliphatic carbocycles. The molecule has 1 aliphatic rings. The average molecular weight is 276 g/mol. The van der Waals surface area contributed by atoms with Gasteiger partial charge in [-0.05, 0) is 26.7 Å². The number of carbonyl (C=O) groups is 1. The molecule has 0 saturated carbocycles. The van der Waals surface area contributed by atoms with Crippen LogP contribution in [0.4, 0.5) is 0 Å². The van der Waals surface area contributed by atoms with Gasteiger partial charge in [-0.25, -0.2) is 0 Å². The van der Waals surface area contributed by atoms with Crippen LogP contribution in [-0.2, 0) is 14.3 Å². The molecule has 1 aliphatic heterocycles. The van der Waals surface area contributed by atoms with Crippen LogP contribution >= 0.6 is 0 Å². The highest BCUT2D eigenvalue weighted by Crippen LogP contribution is 2.23. The minimum Gasteiger partial charge on any atom is -0.481 e. The zero-order chi connectivity index (χ0) is 14.4. The molecule has 6 nitrogen and oxygen atoms in total. The Labute approximate surface area is 113 Å². The number of aliphatic hydroxyl groups is 2. The predicted molar refractivity (Wildman–Crippen MR) is 67.6 cm³/mol. The zero-order valence-electron chi connectivity index (χ0n) is 11.5. The number of carboxylic acid groups (broad SMARTS) is 1. The van der Waals surface area contributed by atoms with E-state index in [0.717, 1.165) is 12.8 Å². The number of hydrogen-bond acceptors (Lipinski definition) is 5. The van der Waals surface area contributed by atoms with Crippen molar-refractivity contribution in [2.45, 2.75) is 76.7 Å². The van der Waals surface area contributed by atoms with Gasteiger partial charge in [0.2, 0.25) is 0 Å². The van der Waals surface area contributed by atoms with Gasteiger partial charge < -0.3 is 24.8 Å². The molecule has 1 heterocycles. The molecule has 1 rings (SSSR count). The van der Waals surface area contributed by atoms with Crippen LogP contribution in [0.3, 0.4) is 0 Å². The third-order valence-electron chi connectivity index (χ3n) is 3.31. The van der Waals surface area contributed by atoms with Crippen LogP contribution in [0.2, 0.25) is 0 Å². The van der Waals surface area contributed by atoms with Crippen molar-refractivity contribution in [3.63, 3.8) is 0 Å². The van der Waals surface area contributed by atoms with E-state index in [4.69, 9.17) is 14.6 Å². The number of rotatable bonds is 7. The first-order valence-electron chi connectivity index (χ1n) is 6.79. The molecule has 3 N–H and O–H groups in total. The largest absolute Gasteiger partial charge is 0.481 e. The van der Waals surface area contributed by atoms with Gasteiger partial charge in [-0.1, -0.05) is 6.42 Å². The van der Waals surface area contributed by atoms with Gasteiger partial charge in [0.1, 0.15) is 6.10 Å². The van der Waals surface area contributed by atoms with Gasteiger partial charge >= 0.3 is 5.97 Å². The van der Waals surface area contributed by atoms with Crippen LogP contribution in [0.15, 0.2) is 0 Å². The summed E-state index contributed by atoms with van der Waals surface area (Å²) in [5, 5.41) is 27.8. The quantitative estimate of drug-likeness (QED) is 0.598. The highest BCUT2D eigenvalue weighted by Gasteiger charge is 2.35. The van der Waals surface area contributed by atoms with E-state index in [2.05, 4.69) is 0 Å². The molecule has 0 amide bonds.